The summed E-state index contributed by atoms with van der Waals surface area (Å²) >= 11 is 0. The largest absolute Gasteiger partial charge is 0.390 e. The van der Waals surface area contributed by atoms with Crippen LogP contribution in [-0.2, 0) is 14.4 Å². The molecule has 0 amide bonds. The molecule has 5 aliphatic carbocycles. The molecule has 1 heterocycles. The molecule has 0 aromatic heterocycles. The van der Waals surface area contributed by atoms with E-state index in [-0.39, 0.29) is 35.9 Å². The lowest BCUT2D eigenvalue weighted by Crippen LogP contribution is -2.69. The van der Waals surface area contributed by atoms with E-state index >= 15 is 4.39 Å². The topological polar surface area (TPSA) is 87.1 Å². The Morgan fingerprint density at radius 1 is 1.20 bits per heavy atom. The monoisotopic (exact) mass is 487 g/mol. The van der Waals surface area contributed by atoms with Gasteiger partial charge in [0, 0.05) is 35.3 Å². The Bertz CT molecular complexity index is 1010. The molecule has 0 aromatic carbocycles. The van der Waals surface area contributed by atoms with Gasteiger partial charge in [-0.2, -0.15) is 5.06 Å². The molecule has 0 aromatic rings. The highest BCUT2D eigenvalue weighted by atomic mass is 19.1. The predicted molar refractivity (Wildman–Crippen MR) is 127 cm³/mol. The number of halogens is 1. The molecule has 2 N–H and O–H groups in total. The number of aliphatic hydroxyl groups is 2. The van der Waals surface area contributed by atoms with Crippen LogP contribution in [0.4, 0.5) is 4.39 Å². The number of allylic oxidation sites excluding steroid dienone is 4. The van der Waals surface area contributed by atoms with Gasteiger partial charge in [-0.1, -0.05) is 37.8 Å². The number of nitrogens with zero attached hydrogens (tertiary/aromatic N) is 1. The van der Waals surface area contributed by atoms with Crippen molar-refractivity contribution >= 4 is 11.6 Å². The first-order valence-corrected chi connectivity index (χ1v) is 13.5. The first-order valence-electron chi connectivity index (χ1n) is 13.5. The minimum atomic E-state index is -1.93. The quantitative estimate of drug-likeness (QED) is 0.634. The lowest BCUT2D eigenvalue weighted by molar-refractivity contribution is -0.276. The number of hydrogen-bond donors (Lipinski definition) is 2. The van der Waals surface area contributed by atoms with Gasteiger partial charge < -0.3 is 10.2 Å². The van der Waals surface area contributed by atoms with Crippen molar-refractivity contribution in [3.8, 4) is 0 Å². The van der Waals surface area contributed by atoms with Gasteiger partial charge in [-0.05, 0) is 63.5 Å². The van der Waals surface area contributed by atoms with Crippen LogP contribution in [0.15, 0.2) is 23.8 Å². The number of hydrogen-bond acceptors (Lipinski definition) is 6. The van der Waals surface area contributed by atoms with E-state index in [1.54, 1.807) is 12.2 Å². The van der Waals surface area contributed by atoms with Gasteiger partial charge in [0.25, 0.3) is 0 Å². The summed E-state index contributed by atoms with van der Waals surface area (Å²) in [4.78, 5) is 32.3. The Morgan fingerprint density at radius 2 is 1.94 bits per heavy atom. The minimum Gasteiger partial charge on any atom is -0.390 e. The number of carbonyl (C=O) groups is 2. The number of ketones is 2. The summed E-state index contributed by atoms with van der Waals surface area (Å²) in [6.07, 6.45) is 10.8. The third-order valence-electron chi connectivity index (χ3n) is 11.2. The Labute approximate surface area is 206 Å². The molecule has 0 unspecified atom stereocenters. The smallest absolute Gasteiger partial charge is 0.192 e. The van der Waals surface area contributed by atoms with Crippen LogP contribution in [0.5, 0.6) is 0 Å². The molecule has 6 nitrogen and oxygen atoms in total. The summed E-state index contributed by atoms with van der Waals surface area (Å²) < 4.78 is 17.4. The summed E-state index contributed by atoms with van der Waals surface area (Å²) in [6.45, 7) is 3.80. The zero-order valence-electron chi connectivity index (χ0n) is 20.8. The second-order valence-corrected chi connectivity index (χ2v) is 12.5. The van der Waals surface area contributed by atoms with Crippen molar-refractivity contribution in [1.82, 2.24) is 5.06 Å². The molecule has 6 rings (SSSR count). The molecule has 5 fully saturated rings. The Hall–Kier alpha value is -1.41. The highest BCUT2D eigenvalue weighted by Gasteiger charge is 2.78. The van der Waals surface area contributed by atoms with Gasteiger partial charge in [-0.25, -0.2) is 4.39 Å². The second-order valence-electron chi connectivity index (χ2n) is 12.5. The van der Waals surface area contributed by atoms with Gasteiger partial charge in [-0.3, -0.25) is 14.4 Å². The average molecular weight is 488 g/mol. The first kappa shape index (κ1) is 24.0. The molecule has 8 atom stereocenters. The molecule has 0 radical (unpaired) electrons. The number of rotatable bonds is 3. The van der Waals surface area contributed by atoms with Crippen LogP contribution < -0.4 is 0 Å². The van der Waals surface area contributed by atoms with Crippen molar-refractivity contribution in [3.05, 3.63) is 23.8 Å². The molecule has 192 valence electrons. The number of fused-ring (bicyclic) bond motifs is 7. The Balaban J connectivity index is 1.40. The third-order valence-corrected chi connectivity index (χ3v) is 11.2. The van der Waals surface area contributed by atoms with Gasteiger partial charge >= 0.3 is 0 Å². The van der Waals surface area contributed by atoms with Crippen LogP contribution in [0.3, 0.4) is 0 Å². The van der Waals surface area contributed by atoms with Gasteiger partial charge in [-0.15, -0.1) is 0 Å². The van der Waals surface area contributed by atoms with Crippen molar-refractivity contribution in [1.29, 1.82) is 0 Å². The van der Waals surface area contributed by atoms with Crippen molar-refractivity contribution < 1.29 is 29.0 Å². The van der Waals surface area contributed by atoms with E-state index in [9.17, 15) is 19.8 Å². The van der Waals surface area contributed by atoms with Gasteiger partial charge in [0.1, 0.15) is 6.61 Å². The van der Waals surface area contributed by atoms with Crippen molar-refractivity contribution in [2.75, 3.05) is 13.2 Å². The first-order chi connectivity index (χ1) is 16.6. The van der Waals surface area contributed by atoms with Crippen LogP contribution in [0.25, 0.3) is 0 Å². The fourth-order valence-electron chi connectivity index (χ4n) is 9.49. The van der Waals surface area contributed by atoms with E-state index in [1.165, 1.54) is 12.5 Å². The lowest BCUT2D eigenvalue weighted by Gasteiger charge is -2.62. The highest BCUT2D eigenvalue weighted by molar-refractivity contribution is 6.01. The highest BCUT2D eigenvalue weighted by Crippen LogP contribution is 2.72. The van der Waals surface area contributed by atoms with Gasteiger partial charge in [0.2, 0.25) is 0 Å². The molecule has 7 heteroatoms. The predicted octanol–water partition coefficient (Wildman–Crippen LogP) is 3.46. The molecule has 1 aliphatic heterocycles. The van der Waals surface area contributed by atoms with E-state index < -0.39 is 40.7 Å². The molecule has 1 saturated heterocycles. The van der Waals surface area contributed by atoms with Gasteiger partial charge in [0.05, 0.1) is 6.10 Å². The van der Waals surface area contributed by atoms with Crippen LogP contribution in [0, 0.1) is 28.6 Å². The van der Waals surface area contributed by atoms with E-state index in [0.717, 1.165) is 31.3 Å². The Morgan fingerprint density at radius 3 is 2.66 bits per heavy atom. The Kier molecular flexibility index (Phi) is 5.34. The van der Waals surface area contributed by atoms with Gasteiger partial charge in [0.15, 0.2) is 22.8 Å². The average Bonchev–Trinajstić information content (AvgIpc) is 3.34. The maximum atomic E-state index is 17.4. The molecular formula is C28H38FNO5. The number of hydroxylamine groups is 2. The fraction of sp³-hybridized carbons (Fsp3) is 0.786. The summed E-state index contributed by atoms with van der Waals surface area (Å²) in [6, 6.07) is 0.264. The fourth-order valence-corrected chi connectivity index (χ4v) is 9.49. The maximum absolute atomic E-state index is 17.4. The van der Waals surface area contributed by atoms with Crippen LogP contribution in [-0.4, -0.2) is 63.4 Å². The minimum absolute atomic E-state index is 0.0933. The molecule has 6 aliphatic rings. The normalized spacial score (nSPS) is 49.7. The molecular weight excluding hydrogens is 449 g/mol. The lowest BCUT2D eigenvalue weighted by atomic mass is 9.44. The molecule has 35 heavy (non-hydrogen) atoms. The zero-order chi connectivity index (χ0) is 24.8. The van der Waals surface area contributed by atoms with E-state index in [1.807, 2.05) is 18.9 Å². The van der Waals surface area contributed by atoms with Crippen molar-refractivity contribution in [2.24, 2.45) is 28.6 Å². The van der Waals surface area contributed by atoms with Crippen LogP contribution in [0.1, 0.15) is 71.6 Å². The van der Waals surface area contributed by atoms with Crippen molar-refractivity contribution in [2.45, 2.75) is 95.1 Å². The third kappa shape index (κ3) is 2.84. The van der Waals surface area contributed by atoms with E-state index in [4.69, 9.17) is 4.84 Å². The number of alkyl halides is 1. The maximum Gasteiger partial charge on any atom is 0.192 e. The SMILES string of the molecule is C[C@]12C=CC(=O)C=C1CC[C@H]1[C@@H]3C[C@H]4CN(C5CCCCC5)O[C@@]4(C(=O)CO)[C@@]3(C)C[C@H](O)[C@@]12F. The van der Waals surface area contributed by atoms with Crippen molar-refractivity contribution in [3.63, 3.8) is 0 Å². The summed E-state index contributed by atoms with van der Waals surface area (Å²) in [5.41, 5.74) is -4.24. The molecule has 4 saturated carbocycles. The second kappa shape index (κ2) is 7.80. The summed E-state index contributed by atoms with van der Waals surface area (Å²) in [7, 11) is 0. The summed E-state index contributed by atoms with van der Waals surface area (Å²) in [5, 5.41) is 23.7. The number of carbonyl (C=O) groups excluding carboxylic acids is 2. The molecule has 0 spiro atoms. The van der Waals surface area contributed by atoms with Crippen LogP contribution in [0.2, 0.25) is 0 Å². The number of aliphatic hydroxyl groups excluding tert-OH is 2. The van der Waals surface area contributed by atoms with E-state index in [0.29, 0.717) is 25.8 Å². The van der Waals surface area contributed by atoms with Crippen LogP contribution >= 0.6 is 0 Å². The molecule has 0 bridgehead atoms. The van der Waals surface area contributed by atoms with E-state index in [2.05, 4.69) is 0 Å². The number of Topliss-reactive ketones (excluding diaryl/α,β-unsaturated/α-hetero) is 1. The standard InChI is InChI=1S/C28H38FNO5/c1-25-11-10-20(32)12-17(25)8-9-21-22-13-18-15-30(19-6-4-3-5-7-19)35-28(18,24(34)16-31)26(22,2)14-23(33)27(21,25)29/h10-12,18-19,21-23,31,33H,3-9,13-16H2,1-2H3/t18-,21-,22-,23-,25-,26-,27-,28-/m0/s1. The zero-order valence-corrected chi connectivity index (χ0v) is 20.8. The summed E-state index contributed by atoms with van der Waals surface area (Å²) in [5.74, 6) is -1.23.